The normalized spacial score (nSPS) is 14.3. The first-order valence-electron chi connectivity index (χ1n) is 20.8. The molecule has 3 amide bonds. The number of thiazole rings is 1. The minimum atomic E-state index is -0.426. The second kappa shape index (κ2) is 25.3. The van der Waals surface area contributed by atoms with Crippen molar-refractivity contribution in [1.29, 1.82) is 0 Å². The van der Waals surface area contributed by atoms with Gasteiger partial charge in [0, 0.05) is 50.6 Å². The van der Waals surface area contributed by atoms with Crippen LogP contribution in [0.3, 0.4) is 0 Å². The maximum atomic E-state index is 14.1. The Labute approximate surface area is 360 Å². The molecule has 2 aliphatic rings. The summed E-state index contributed by atoms with van der Waals surface area (Å²) < 4.78 is 10.9. The van der Waals surface area contributed by atoms with Crippen molar-refractivity contribution in [2.45, 2.75) is 92.7 Å². The summed E-state index contributed by atoms with van der Waals surface area (Å²) >= 11 is 1.43. The molecule has 1 N–H and O–H groups in total. The minimum absolute atomic E-state index is 0.0747. The highest BCUT2D eigenvalue weighted by Gasteiger charge is 2.42. The number of methoxy groups -OCH3 is 2. The Morgan fingerprint density at radius 1 is 0.883 bits per heavy atom. The largest absolute Gasteiger partial charge is 0.493 e. The van der Waals surface area contributed by atoms with Crippen LogP contribution in [0.2, 0.25) is 0 Å². The van der Waals surface area contributed by atoms with Gasteiger partial charge in [-0.3, -0.25) is 24.2 Å². The van der Waals surface area contributed by atoms with Crippen molar-refractivity contribution < 1.29 is 33.4 Å². The van der Waals surface area contributed by atoms with E-state index in [1.807, 2.05) is 68.6 Å². The van der Waals surface area contributed by atoms with E-state index in [-0.39, 0.29) is 23.8 Å². The van der Waals surface area contributed by atoms with Gasteiger partial charge in [-0.25, -0.2) is 4.98 Å². The van der Waals surface area contributed by atoms with Gasteiger partial charge in [-0.15, -0.1) is 11.3 Å². The van der Waals surface area contributed by atoms with E-state index in [0.29, 0.717) is 52.8 Å². The molecule has 3 aromatic carbocycles. The van der Waals surface area contributed by atoms with Crippen molar-refractivity contribution >= 4 is 52.4 Å². The number of ether oxygens (including phenoxy) is 2. The Balaban J connectivity index is 0.000000444. The number of carbonyl (C=O) groups excluding carboxylic acids is 5. The van der Waals surface area contributed by atoms with Crippen molar-refractivity contribution in [2.75, 3.05) is 50.6 Å². The zero-order valence-electron chi connectivity index (χ0n) is 36.7. The molecule has 12 nitrogen and oxygen atoms in total. The van der Waals surface area contributed by atoms with Gasteiger partial charge < -0.3 is 29.3 Å². The molecule has 4 aromatic rings. The highest BCUT2D eigenvalue weighted by Crippen LogP contribution is 2.36. The van der Waals surface area contributed by atoms with Gasteiger partial charge in [0.15, 0.2) is 16.6 Å². The summed E-state index contributed by atoms with van der Waals surface area (Å²) in [6, 6.07) is 22.2. The molecule has 0 radical (unpaired) electrons. The first-order chi connectivity index (χ1) is 28.9. The topological polar surface area (TPSA) is 138 Å². The Morgan fingerprint density at radius 3 is 2.10 bits per heavy atom. The predicted octanol–water partition coefficient (Wildman–Crippen LogP) is 8.83. The van der Waals surface area contributed by atoms with Gasteiger partial charge in [0.05, 0.1) is 42.6 Å². The van der Waals surface area contributed by atoms with Crippen LogP contribution < -0.4 is 19.7 Å². The number of rotatable bonds is 15. The molecular weight excluding hydrogens is 779 g/mol. The number of imide groups is 1. The summed E-state index contributed by atoms with van der Waals surface area (Å²) in [4.78, 5) is 67.8. The maximum Gasteiger partial charge on any atom is 0.263 e. The van der Waals surface area contributed by atoms with E-state index < -0.39 is 5.92 Å². The fraction of sp³-hybridized carbons (Fsp3) is 0.447. The smallest absolute Gasteiger partial charge is 0.263 e. The minimum Gasteiger partial charge on any atom is -0.493 e. The van der Waals surface area contributed by atoms with E-state index >= 15 is 0 Å². The van der Waals surface area contributed by atoms with Crippen molar-refractivity contribution in [1.82, 2.24) is 14.8 Å². The third-order valence-electron chi connectivity index (χ3n) is 10.2. The van der Waals surface area contributed by atoms with E-state index in [4.69, 9.17) is 9.47 Å². The van der Waals surface area contributed by atoms with Gasteiger partial charge in [0.2, 0.25) is 5.91 Å². The Kier molecular flexibility index (Phi) is 20.6. The average molecular weight is 842 g/mol. The molecule has 0 saturated carbocycles. The number of unbranched alkanes of at least 4 members (excludes halogenated alkanes) is 2. The fourth-order valence-electron chi connectivity index (χ4n) is 7.00. The molecule has 2 atom stereocenters. The molecule has 1 aromatic heterocycles. The molecule has 60 heavy (non-hydrogen) atoms. The van der Waals surface area contributed by atoms with Gasteiger partial charge in [0.1, 0.15) is 12.6 Å². The number of aromatic nitrogens is 1. The number of anilines is 2. The van der Waals surface area contributed by atoms with Crippen LogP contribution in [-0.4, -0.2) is 91.5 Å². The summed E-state index contributed by atoms with van der Waals surface area (Å²) in [7, 11) is 3.24. The number of amides is 3. The molecule has 0 aliphatic carbocycles. The first kappa shape index (κ1) is 49.0. The van der Waals surface area contributed by atoms with Crippen LogP contribution in [0.1, 0.15) is 111 Å². The standard InChI is InChI=1S/C35H43N3O4.C6H8N2OS.C4H6O2.C2H6/c1-5-6-8-14-28(23-26-17-18-31(41-3)32(24-26)42-4)38-34(39)29-15-11-16-30(33(29)35(38)40)37-21-19-36(20-22-37)25(2)27-12-9-7-10-13-27;1-4-3-10-6(7-4)8-5(2)9;1-4(2-5)3-6;1-2/h7,9-13,15-18,24-25,28H,5-6,8,14,19-23H2,1-4H3;3H,1-2H3,(H,7,8,9);2-4H,1H3;1-2H3/t25-,28?;;;/m1.../s1. The number of benzene rings is 3. The van der Waals surface area contributed by atoms with Gasteiger partial charge >= 0.3 is 0 Å². The van der Waals surface area contributed by atoms with Crippen LogP contribution in [0.4, 0.5) is 10.8 Å². The van der Waals surface area contributed by atoms with Gasteiger partial charge in [0.25, 0.3) is 11.8 Å². The van der Waals surface area contributed by atoms with Crippen molar-refractivity contribution in [2.24, 2.45) is 5.92 Å². The Hall–Kier alpha value is -5.40. The number of hydrogen-bond acceptors (Lipinski definition) is 11. The lowest BCUT2D eigenvalue weighted by atomic mass is 9.98. The third kappa shape index (κ3) is 13.6. The van der Waals surface area contributed by atoms with Crippen LogP contribution >= 0.6 is 11.3 Å². The van der Waals surface area contributed by atoms with Crippen molar-refractivity contribution in [3.63, 3.8) is 0 Å². The van der Waals surface area contributed by atoms with Crippen LogP contribution in [0.15, 0.2) is 72.1 Å². The summed E-state index contributed by atoms with van der Waals surface area (Å²) in [5, 5.41) is 5.16. The third-order valence-corrected chi connectivity index (χ3v) is 11.0. The van der Waals surface area contributed by atoms with Crippen molar-refractivity contribution in [3.05, 3.63) is 100 Å². The molecular formula is C47H63N5O7S. The maximum absolute atomic E-state index is 14.1. The molecule has 1 unspecified atom stereocenters. The molecule has 1 saturated heterocycles. The summed E-state index contributed by atoms with van der Waals surface area (Å²) in [6.07, 6.45) is 5.63. The summed E-state index contributed by atoms with van der Waals surface area (Å²) in [5.74, 6) is 0.447. The number of nitrogens with one attached hydrogen (secondary N) is 1. The van der Waals surface area contributed by atoms with E-state index in [1.54, 1.807) is 21.1 Å². The number of fused-ring (bicyclic) bond motifs is 1. The van der Waals surface area contributed by atoms with E-state index in [2.05, 4.69) is 58.2 Å². The number of aryl methyl sites for hydroxylation is 1. The van der Waals surface area contributed by atoms with E-state index in [0.717, 1.165) is 68.8 Å². The Bertz CT molecular complexity index is 1970. The zero-order chi connectivity index (χ0) is 44.2. The van der Waals surface area contributed by atoms with Crippen LogP contribution in [0.5, 0.6) is 11.5 Å². The first-order valence-corrected chi connectivity index (χ1v) is 21.7. The molecule has 3 heterocycles. The lowest BCUT2D eigenvalue weighted by Gasteiger charge is -2.39. The summed E-state index contributed by atoms with van der Waals surface area (Å²) in [5.41, 5.74) is 5.21. The number of piperazine rings is 1. The second-order valence-corrected chi connectivity index (χ2v) is 15.3. The molecule has 6 rings (SSSR count). The average Bonchev–Trinajstić information content (AvgIpc) is 3.81. The Morgan fingerprint density at radius 2 is 1.55 bits per heavy atom. The molecule has 2 aliphatic heterocycles. The van der Waals surface area contributed by atoms with E-state index in [1.165, 1.54) is 28.7 Å². The second-order valence-electron chi connectivity index (χ2n) is 14.4. The number of nitrogens with zero attached hydrogens (tertiary/aromatic N) is 4. The van der Waals surface area contributed by atoms with Gasteiger partial charge in [-0.1, -0.05) is 82.5 Å². The molecule has 1 fully saturated rings. The predicted molar refractivity (Wildman–Crippen MR) is 241 cm³/mol. The zero-order valence-corrected chi connectivity index (χ0v) is 37.6. The van der Waals surface area contributed by atoms with Crippen LogP contribution in [0, 0.1) is 12.8 Å². The SMILES string of the molecule is CC.CC(=O)Nc1nc(C)cs1.CC(C=O)C=O.CCCCCC(Cc1ccc(OC)c(OC)c1)N1C(=O)c2cccc(N3CCN([C@H](C)c4ccccc4)CC3)c2C1=O. The lowest BCUT2D eigenvalue weighted by Crippen LogP contribution is -2.47. The lowest BCUT2D eigenvalue weighted by molar-refractivity contribution is -0.118. The van der Waals surface area contributed by atoms with Crippen LogP contribution in [0.25, 0.3) is 0 Å². The summed E-state index contributed by atoms with van der Waals surface area (Å²) in [6.45, 7) is 16.7. The highest BCUT2D eigenvalue weighted by molar-refractivity contribution is 7.13. The number of carbonyl (C=O) groups is 5. The van der Waals surface area contributed by atoms with Gasteiger partial charge in [-0.2, -0.15) is 0 Å². The molecule has 0 bridgehead atoms. The van der Waals surface area contributed by atoms with Gasteiger partial charge in [-0.05, 0) is 69.0 Å². The number of aldehydes is 2. The monoisotopic (exact) mass is 841 g/mol. The van der Waals surface area contributed by atoms with Crippen LogP contribution in [-0.2, 0) is 20.8 Å². The quantitative estimate of drug-likeness (QED) is 0.0535. The molecule has 0 spiro atoms. The van der Waals surface area contributed by atoms with E-state index in [9.17, 15) is 24.0 Å². The molecule has 324 valence electrons. The van der Waals surface area contributed by atoms with Crippen molar-refractivity contribution in [3.8, 4) is 11.5 Å². The highest BCUT2D eigenvalue weighted by atomic mass is 32.1. The molecule has 13 heteroatoms. The fourth-order valence-corrected chi connectivity index (χ4v) is 7.73. The number of hydrogen-bond donors (Lipinski definition) is 1.